The maximum absolute atomic E-state index is 13.0. The molecule has 1 aromatic carbocycles. The largest absolute Gasteiger partial charge is 0.342 e. The van der Waals surface area contributed by atoms with E-state index in [-0.39, 0.29) is 17.0 Å². The molecule has 1 amide bonds. The molecule has 3 atom stereocenters. The third-order valence-electron chi connectivity index (χ3n) is 6.49. The standard InChI is InChI=1S/C22H32ClN3OS/c1-25(21(27)16-17-8-10-18(23)11-9-17)20-7-3-2-6-19(20)22-24-12-15-28(22)26-13-4-5-14-26/h8-11,19-20,28H,2-7,12-16H2,1H3. The number of rotatable bonds is 5. The van der Waals surface area contributed by atoms with Crippen molar-refractivity contribution in [3.05, 3.63) is 34.9 Å². The van der Waals surface area contributed by atoms with Crippen molar-refractivity contribution in [3.8, 4) is 0 Å². The van der Waals surface area contributed by atoms with Gasteiger partial charge in [-0.3, -0.25) is 14.1 Å². The molecule has 154 valence electrons. The minimum atomic E-state index is -0.224. The average molecular weight is 422 g/mol. The summed E-state index contributed by atoms with van der Waals surface area (Å²) >= 11 is 5.76. The number of benzene rings is 1. The van der Waals surface area contributed by atoms with Gasteiger partial charge in [0.05, 0.1) is 11.5 Å². The number of aliphatic imine (C=N–C) groups is 1. The predicted molar refractivity (Wildman–Crippen MR) is 121 cm³/mol. The van der Waals surface area contributed by atoms with E-state index in [9.17, 15) is 4.79 Å². The highest BCUT2D eigenvalue weighted by Gasteiger charge is 2.39. The van der Waals surface area contributed by atoms with Crippen LogP contribution in [0.4, 0.5) is 0 Å². The lowest BCUT2D eigenvalue weighted by Gasteiger charge is -2.41. The highest BCUT2D eigenvalue weighted by molar-refractivity contribution is 8.28. The predicted octanol–water partition coefficient (Wildman–Crippen LogP) is 4.32. The molecule has 1 aliphatic carbocycles. The number of thiol groups is 1. The second kappa shape index (κ2) is 9.19. The van der Waals surface area contributed by atoms with Gasteiger partial charge in [-0.25, -0.2) is 0 Å². The molecule has 2 aliphatic heterocycles. The van der Waals surface area contributed by atoms with Crippen LogP contribution in [0.1, 0.15) is 44.1 Å². The van der Waals surface area contributed by atoms with E-state index in [1.807, 2.05) is 36.2 Å². The van der Waals surface area contributed by atoms with Gasteiger partial charge < -0.3 is 4.90 Å². The van der Waals surface area contributed by atoms with Gasteiger partial charge in [-0.1, -0.05) is 36.6 Å². The van der Waals surface area contributed by atoms with Crippen molar-refractivity contribution >= 4 is 33.6 Å². The monoisotopic (exact) mass is 421 g/mol. The zero-order valence-corrected chi connectivity index (χ0v) is 18.5. The summed E-state index contributed by atoms with van der Waals surface area (Å²) in [7, 11) is 2.01. The van der Waals surface area contributed by atoms with Crippen molar-refractivity contribution in [1.29, 1.82) is 0 Å². The third kappa shape index (κ3) is 4.42. The summed E-state index contributed by atoms with van der Waals surface area (Å²) in [5.74, 6) is 1.90. The van der Waals surface area contributed by atoms with E-state index in [0.717, 1.165) is 18.5 Å². The van der Waals surface area contributed by atoms with E-state index in [1.165, 1.54) is 56.0 Å². The van der Waals surface area contributed by atoms with E-state index in [1.54, 1.807) is 0 Å². The van der Waals surface area contributed by atoms with Gasteiger partial charge >= 0.3 is 0 Å². The van der Waals surface area contributed by atoms with Gasteiger partial charge in [-0.15, -0.1) is 0 Å². The number of amides is 1. The summed E-state index contributed by atoms with van der Waals surface area (Å²) in [5, 5.41) is 2.18. The fourth-order valence-electron chi connectivity index (χ4n) is 4.95. The van der Waals surface area contributed by atoms with E-state index >= 15 is 0 Å². The van der Waals surface area contributed by atoms with Gasteiger partial charge in [0.2, 0.25) is 5.91 Å². The summed E-state index contributed by atoms with van der Waals surface area (Å²) in [6.45, 7) is 3.48. The van der Waals surface area contributed by atoms with Crippen molar-refractivity contribution < 1.29 is 4.79 Å². The van der Waals surface area contributed by atoms with Crippen LogP contribution < -0.4 is 0 Å². The number of hydrogen-bond acceptors (Lipinski definition) is 3. The van der Waals surface area contributed by atoms with Gasteiger partial charge in [0.25, 0.3) is 0 Å². The summed E-state index contributed by atoms with van der Waals surface area (Å²) in [6, 6.07) is 7.95. The summed E-state index contributed by atoms with van der Waals surface area (Å²) < 4.78 is 2.71. The lowest BCUT2D eigenvalue weighted by atomic mass is 9.84. The quantitative estimate of drug-likeness (QED) is 0.718. The third-order valence-corrected chi connectivity index (χ3v) is 9.45. The van der Waals surface area contributed by atoms with Crippen LogP contribution in [-0.2, 0) is 11.2 Å². The van der Waals surface area contributed by atoms with Crippen LogP contribution in [0.25, 0.3) is 0 Å². The highest BCUT2D eigenvalue weighted by Crippen LogP contribution is 2.45. The molecular formula is C22H32ClN3OS. The Hall–Kier alpha value is -1.04. The fourth-order valence-corrected chi connectivity index (χ4v) is 7.88. The summed E-state index contributed by atoms with van der Waals surface area (Å²) in [5.41, 5.74) is 1.03. The maximum Gasteiger partial charge on any atom is 0.227 e. The number of nitrogens with zero attached hydrogens (tertiary/aromatic N) is 3. The molecule has 0 N–H and O–H groups in total. The van der Waals surface area contributed by atoms with Crippen molar-refractivity contribution in [2.45, 2.75) is 51.0 Å². The topological polar surface area (TPSA) is 35.9 Å². The Morgan fingerprint density at radius 3 is 2.64 bits per heavy atom. The molecule has 0 spiro atoms. The number of carbonyl (C=O) groups excluding carboxylic acids is 1. The Morgan fingerprint density at radius 1 is 1.18 bits per heavy atom. The maximum atomic E-state index is 13.0. The average Bonchev–Trinajstić information content (AvgIpc) is 3.40. The Kier molecular flexibility index (Phi) is 6.64. The Labute approximate surface area is 176 Å². The summed E-state index contributed by atoms with van der Waals surface area (Å²) in [6.07, 6.45) is 7.89. The van der Waals surface area contributed by atoms with E-state index < -0.39 is 0 Å². The molecule has 6 heteroatoms. The van der Waals surface area contributed by atoms with Crippen molar-refractivity contribution in [1.82, 2.24) is 9.21 Å². The molecule has 1 saturated heterocycles. The van der Waals surface area contributed by atoms with E-state index in [2.05, 4.69) is 4.31 Å². The zero-order chi connectivity index (χ0) is 19.5. The summed E-state index contributed by atoms with van der Waals surface area (Å²) in [4.78, 5) is 20.1. The number of hydrogen-bond donors (Lipinski definition) is 1. The van der Waals surface area contributed by atoms with Crippen LogP contribution in [0.2, 0.25) is 5.02 Å². The second-order valence-electron chi connectivity index (χ2n) is 8.29. The van der Waals surface area contributed by atoms with Crippen molar-refractivity contribution in [3.63, 3.8) is 0 Å². The van der Waals surface area contributed by atoms with Gasteiger partial charge in [-0.05, 0) is 43.4 Å². The van der Waals surface area contributed by atoms with Crippen LogP contribution in [-0.4, -0.2) is 58.6 Å². The number of halogens is 1. The number of carbonyl (C=O) groups is 1. The lowest BCUT2D eigenvalue weighted by molar-refractivity contribution is -0.132. The smallest absolute Gasteiger partial charge is 0.227 e. The molecule has 2 fully saturated rings. The minimum Gasteiger partial charge on any atom is -0.342 e. The van der Waals surface area contributed by atoms with Crippen LogP contribution in [0.15, 0.2) is 29.3 Å². The first-order valence-electron chi connectivity index (χ1n) is 10.7. The van der Waals surface area contributed by atoms with Gasteiger partial charge in [0.15, 0.2) is 0 Å². The number of likely N-dealkylation sites (N-methyl/N-ethyl adjacent to an activating group) is 1. The van der Waals surface area contributed by atoms with Crippen LogP contribution in [0, 0.1) is 5.92 Å². The fraction of sp³-hybridized carbons (Fsp3) is 0.636. The molecule has 1 aromatic rings. The normalized spacial score (nSPS) is 29.6. The Balaban J connectivity index is 1.46. The van der Waals surface area contributed by atoms with Crippen molar-refractivity contribution in [2.75, 3.05) is 32.4 Å². The first-order valence-corrected chi connectivity index (χ1v) is 12.6. The molecule has 3 unspecified atom stereocenters. The van der Waals surface area contributed by atoms with Crippen LogP contribution >= 0.6 is 22.7 Å². The highest BCUT2D eigenvalue weighted by atomic mass is 35.5. The second-order valence-corrected chi connectivity index (χ2v) is 11.0. The van der Waals surface area contributed by atoms with Crippen LogP contribution in [0.3, 0.4) is 0 Å². The molecule has 4 nitrogen and oxygen atoms in total. The molecule has 0 aromatic heterocycles. The molecule has 28 heavy (non-hydrogen) atoms. The molecule has 0 bridgehead atoms. The Bertz CT molecular complexity index is 717. The molecule has 2 heterocycles. The Morgan fingerprint density at radius 2 is 1.89 bits per heavy atom. The SMILES string of the molecule is CN(C(=O)Cc1ccc(Cl)cc1)C1CCCCC1C1=NCC[SH]1N1CCCC1. The zero-order valence-electron chi connectivity index (χ0n) is 16.8. The molecule has 3 aliphatic rings. The van der Waals surface area contributed by atoms with E-state index in [0.29, 0.717) is 23.4 Å². The van der Waals surface area contributed by atoms with Crippen LogP contribution in [0.5, 0.6) is 0 Å². The van der Waals surface area contributed by atoms with E-state index in [4.69, 9.17) is 16.6 Å². The minimum absolute atomic E-state index is 0.211. The molecule has 1 saturated carbocycles. The molecule has 4 rings (SSSR count). The van der Waals surface area contributed by atoms with Crippen molar-refractivity contribution in [2.24, 2.45) is 10.9 Å². The lowest BCUT2D eigenvalue weighted by Crippen LogP contribution is -2.47. The first kappa shape index (κ1) is 20.2. The van der Waals surface area contributed by atoms with Gasteiger partial charge in [0.1, 0.15) is 0 Å². The van der Waals surface area contributed by atoms with Gasteiger partial charge in [0, 0.05) is 49.4 Å². The first-order chi connectivity index (χ1) is 13.6. The molecule has 0 radical (unpaired) electrons. The molecular weight excluding hydrogens is 390 g/mol. The van der Waals surface area contributed by atoms with Gasteiger partial charge in [-0.2, -0.15) is 11.1 Å².